The van der Waals surface area contributed by atoms with E-state index in [0.29, 0.717) is 10.4 Å². The minimum atomic E-state index is -4.01. The molecule has 0 saturated carbocycles. The molecule has 0 atom stereocenters. The first kappa shape index (κ1) is 11.3. The first-order valence-electron chi connectivity index (χ1n) is 4.33. The van der Waals surface area contributed by atoms with Crippen molar-refractivity contribution in [2.75, 3.05) is 0 Å². The molecule has 0 saturated heterocycles. The molecule has 2 rings (SSSR count). The van der Waals surface area contributed by atoms with Crippen molar-refractivity contribution < 1.29 is 12.6 Å². The number of hydrogen-bond acceptors (Lipinski definition) is 3. The van der Waals surface area contributed by atoms with Crippen LogP contribution in [-0.4, -0.2) is 13.0 Å². The van der Waals surface area contributed by atoms with Crippen molar-refractivity contribution in [2.45, 2.75) is 0 Å². The normalized spacial score (nSPS) is 11.9. The van der Waals surface area contributed by atoms with Crippen molar-refractivity contribution in [1.29, 1.82) is 0 Å². The van der Waals surface area contributed by atoms with E-state index in [2.05, 4.69) is 4.18 Å². The van der Waals surface area contributed by atoms with Gasteiger partial charge in [-0.2, -0.15) is 13.6 Å². The van der Waals surface area contributed by atoms with Gasteiger partial charge in [0.15, 0.2) is 5.75 Å². The third kappa shape index (κ3) is 2.13. The van der Waals surface area contributed by atoms with Gasteiger partial charge in [0.2, 0.25) is 0 Å². The molecule has 0 aliphatic carbocycles. The highest BCUT2D eigenvalue weighted by atomic mass is 35.5. The van der Waals surface area contributed by atoms with E-state index in [0.717, 1.165) is 5.52 Å². The number of aromatic nitrogens is 1. The monoisotopic (exact) mass is 260 g/mol. The maximum absolute atomic E-state index is 10.8. The molecule has 0 fully saturated rings. The number of benzene rings is 1. The van der Waals surface area contributed by atoms with Crippen molar-refractivity contribution in [3.63, 3.8) is 0 Å². The van der Waals surface area contributed by atoms with Crippen LogP contribution in [0.15, 0.2) is 24.4 Å². The lowest BCUT2D eigenvalue weighted by atomic mass is 10.2. The Balaban J connectivity index is 2.64. The number of nitrogens with two attached hydrogens (primary N) is 1. The van der Waals surface area contributed by atoms with Crippen LogP contribution in [0.1, 0.15) is 0 Å². The summed E-state index contributed by atoms with van der Waals surface area (Å²) in [5.74, 6) is 0.191. The Bertz CT molecular complexity index is 648. The Labute approximate surface area is 97.6 Å². The van der Waals surface area contributed by atoms with Gasteiger partial charge < -0.3 is 8.75 Å². The van der Waals surface area contributed by atoms with E-state index in [1.54, 1.807) is 29.8 Å². The maximum atomic E-state index is 10.8. The largest absolute Gasteiger partial charge is 0.380 e. The summed E-state index contributed by atoms with van der Waals surface area (Å²) in [5.41, 5.74) is 0.770. The van der Waals surface area contributed by atoms with Gasteiger partial charge in [0, 0.05) is 23.7 Å². The molecular weight excluding hydrogens is 252 g/mol. The van der Waals surface area contributed by atoms with Gasteiger partial charge >= 0.3 is 10.3 Å². The quantitative estimate of drug-likeness (QED) is 0.887. The fraction of sp³-hybridized carbons (Fsp3) is 0.111. The molecule has 2 aromatic rings. The summed E-state index contributed by atoms with van der Waals surface area (Å²) in [6.45, 7) is 0. The number of nitrogens with zero attached hydrogens (tertiary/aromatic N) is 1. The van der Waals surface area contributed by atoms with Gasteiger partial charge in [-0.25, -0.2) is 0 Å². The molecular formula is C9H9ClN2O3S. The van der Waals surface area contributed by atoms with Gasteiger partial charge in [-0.1, -0.05) is 11.6 Å². The van der Waals surface area contributed by atoms with E-state index < -0.39 is 10.3 Å². The fourth-order valence-electron chi connectivity index (χ4n) is 1.51. The topological polar surface area (TPSA) is 74.3 Å². The van der Waals surface area contributed by atoms with E-state index in [-0.39, 0.29) is 5.75 Å². The molecule has 0 amide bonds. The highest BCUT2D eigenvalue weighted by Gasteiger charge is 2.12. The summed E-state index contributed by atoms with van der Waals surface area (Å²) in [4.78, 5) is 0. The molecule has 5 nitrogen and oxygen atoms in total. The number of rotatable bonds is 2. The van der Waals surface area contributed by atoms with Gasteiger partial charge in [0.25, 0.3) is 0 Å². The molecule has 0 bridgehead atoms. The lowest BCUT2D eigenvalue weighted by Gasteiger charge is -1.99. The minimum Gasteiger partial charge on any atom is -0.369 e. The second-order valence-corrected chi connectivity index (χ2v) is 4.93. The van der Waals surface area contributed by atoms with Gasteiger partial charge in [-0.3, -0.25) is 0 Å². The van der Waals surface area contributed by atoms with Crippen molar-refractivity contribution in [3.05, 3.63) is 29.4 Å². The summed E-state index contributed by atoms with van der Waals surface area (Å²) in [6, 6.07) is 5.05. The highest BCUT2D eigenvalue weighted by Crippen LogP contribution is 2.30. The van der Waals surface area contributed by atoms with Gasteiger partial charge in [-0.15, -0.1) is 0 Å². The van der Waals surface area contributed by atoms with E-state index in [1.165, 1.54) is 6.20 Å². The summed E-state index contributed by atoms with van der Waals surface area (Å²) < 4.78 is 28.1. The Morgan fingerprint density at radius 1 is 1.44 bits per heavy atom. The molecule has 0 spiro atoms. The molecule has 0 radical (unpaired) electrons. The van der Waals surface area contributed by atoms with Gasteiger partial charge in [-0.05, 0) is 18.2 Å². The molecule has 0 aliphatic rings. The number of aryl methyl sites for hydroxylation is 1. The lowest BCUT2D eigenvalue weighted by Crippen LogP contribution is -2.18. The van der Waals surface area contributed by atoms with Crippen LogP contribution < -0.4 is 9.32 Å². The molecule has 7 heteroatoms. The molecule has 1 aromatic heterocycles. The third-order valence-corrected chi connectivity index (χ3v) is 2.77. The summed E-state index contributed by atoms with van der Waals surface area (Å²) in [5, 5.41) is 6.02. The predicted molar refractivity (Wildman–Crippen MR) is 61.7 cm³/mol. The second-order valence-electron chi connectivity index (χ2n) is 3.34. The molecule has 1 aromatic carbocycles. The smallest absolute Gasteiger partial charge is 0.369 e. The summed E-state index contributed by atoms with van der Waals surface area (Å²) in [7, 11) is -2.25. The zero-order valence-electron chi connectivity index (χ0n) is 8.34. The van der Waals surface area contributed by atoms with Crippen LogP contribution in [0.4, 0.5) is 0 Å². The molecule has 0 aliphatic heterocycles. The minimum absolute atomic E-state index is 0.191. The van der Waals surface area contributed by atoms with Crippen LogP contribution in [-0.2, 0) is 17.4 Å². The molecule has 0 unspecified atom stereocenters. The van der Waals surface area contributed by atoms with E-state index in [9.17, 15) is 8.42 Å². The first-order valence-corrected chi connectivity index (χ1v) is 6.18. The Morgan fingerprint density at radius 3 is 2.75 bits per heavy atom. The van der Waals surface area contributed by atoms with E-state index in [1.807, 2.05) is 0 Å². The van der Waals surface area contributed by atoms with Crippen LogP contribution in [0.3, 0.4) is 0 Å². The average Bonchev–Trinajstić information content (AvgIpc) is 2.40. The van der Waals surface area contributed by atoms with Crippen LogP contribution in [0, 0.1) is 0 Å². The van der Waals surface area contributed by atoms with Crippen LogP contribution in [0.5, 0.6) is 5.75 Å². The Morgan fingerprint density at radius 2 is 2.12 bits per heavy atom. The Hall–Kier alpha value is -1.24. The summed E-state index contributed by atoms with van der Waals surface area (Å²) in [6.07, 6.45) is 1.53. The first-order chi connectivity index (χ1) is 7.37. The van der Waals surface area contributed by atoms with Crippen molar-refractivity contribution >= 4 is 32.8 Å². The lowest BCUT2D eigenvalue weighted by molar-refractivity contribution is 0.489. The van der Waals surface area contributed by atoms with E-state index in [4.69, 9.17) is 16.7 Å². The SMILES string of the molecule is Cn1cc(OS(N)(=O)=O)c2ccc(Cl)cc21. The van der Waals surface area contributed by atoms with Crippen LogP contribution in [0.2, 0.25) is 5.02 Å². The average molecular weight is 261 g/mol. The summed E-state index contributed by atoms with van der Waals surface area (Å²) >= 11 is 5.84. The van der Waals surface area contributed by atoms with Crippen molar-refractivity contribution in [1.82, 2.24) is 4.57 Å². The number of fused-ring (bicyclic) bond motifs is 1. The maximum Gasteiger partial charge on any atom is 0.380 e. The fourth-order valence-corrected chi connectivity index (χ4v) is 2.06. The van der Waals surface area contributed by atoms with Crippen molar-refractivity contribution in [3.8, 4) is 5.75 Å². The molecule has 1 heterocycles. The highest BCUT2D eigenvalue weighted by molar-refractivity contribution is 7.84. The predicted octanol–water partition coefficient (Wildman–Crippen LogP) is 1.41. The van der Waals surface area contributed by atoms with E-state index >= 15 is 0 Å². The molecule has 16 heavy (non-hydrogen) atoms. The zero-order valence-corrected chi connectivity index (χ0v) is 9.92. The standard InChI is InChI=1S/C9H9ClN2O3S/c1-12-5-9(15-16(11,13)14)7-3-2-6(10)4-8(7)12/h2-5H,1H3,(H2,11,13,14). The molecule has 2 N–H and O–H groups in total. The van der Waals surface area contributed by atoms with Gasteiger partial charge in [0.05, 0.1) is 5.52 Å². The Kier molecular flexibility index (Phi) is 2.57. The number of halogens is 1. The van der Waals surface area contributed by atoms with Crippen LogP contribution >= 0.6 is 11.6 Å². The van der Waals surface area contributed by atoms with Crippen molar-refractivity contribution in [2.24, 2.45) is 12.2 Å². The van der Waals surface area contributed by atoms with Gasteiger partial charge in [0.1, 0.15) is 0 Å². The molecule has 86 valence electrons. The second kappa shape index (κ2) is 3.65. The number of hydrogen-bond donors (Lipinski definition) is 1. The van der Waals surface area contributed by atoms with Crippen LogP contribution in [0.25, 0.3) is 10.9 Å². The third-order valence-electron chi connectivity index (χ3n) is 2.12. The zero-order chi connectivity index (χ0) is 11.9.